The van der Waals surface area contributed by atoms with Crippen LogP contribution >= 0.6 is 0 Å². The summed E-state index contributed by atoms with van der Waals surface area (Å²) in [5.41, 5.74) is 5.06. The summed E-state index contributed by atoms with van der Waals surface area (Å²) in [7, 11) is 1.61. The summed E-state index contributed by atoms with van der Waals surface area (Å²) in [6, 6.07) is 0. The Bertz CT molecular complexity index is 312. The Hall–Kier alpha value is -1.30. The third-order valence-corrected chi connectivity index (χ3v) is 3.42. The maximum atomic E-state index is 12.0. The first-order valence-electron chi connectivity index (χ1n) is 6.32. The number of nitrogens with two attached hydrogens (primary N) is 1. The molecule has 1 rings (SSSR count). The molecule has 0 spiro atoms. The Morgan fingerprint density at radius 1 is 1.56 bits per heavy atom. The van der Waals surface area contributed by atoms with E-state index in [-0.39, 0.29) is 17.7 Å². The molecule has 0 saturated heterocycles. The summed E-state index contributed by atoms with van der Waals surface area (Å²) in [5, 5.41) is 14.8. The average molecular weight is 257 g/mol. The van der Waals surface area contributed by atoms with Gasteiger partial charge in [-0.25, -0.2) is 0 Å². The number of carbonyl (C=O) groups excluding carboxylic acids is 1. The average Bonchev–Trinajstić information content (AvgIpc) is 2.77. The Labute approximate surface area is 108 Å². The van der Waals surface area contributed by atoms with Crippen molar-refractivity contribution in [2.75, 3.05) is 13.7 Å². The van der Waals surface area contributed by atoms with Gasteiger partial charge in [-0.2, -0.15) is 0 Å². The quantitative estimate of drug-likeness (QED) is 0.284. The summed E-state index contributed by atoms with van der Waals surface area (Å²) < 4.78 is 5.00. The minimum absolute atomic E-state index is 0.0759. The van der Waals surface area contributed by atoms with E-state index in [2.05, 4.69) is 10.5 Å². The fraction of sp³-hybridized carbons (Fsp3) is 0.833. The predicted molar refractivity (Wildman–Crippen MR) is 68.4 cm³/mol. The lowest BCUT2D eigenvalue weighted by atomic mass is 9.95. The van der Waals surface area contributed by atoms with Gasteiger partial charge in [-0.05, 0) is 18.8 Å². The standard InChI is InChI=1S/C12H23N3O3/c1-9(8-18-2)7-10(16)14-12(11(13)15-17)5-3-4-6-12/h9,17H,3-8H2,1-2H3,(H2,13,15)(H,14,16). The van der Waals surface area contributed by atoms with E-state index in [1.165, 1.54) is 0 Å². The van der Waals surface area contributed by atoms with Crippen LogP contribution in [0.5, 0.6) is 0 Å². The molecule has 0 aromatic rings. The molecule has 0 aromatic carbocycles. The monoisotopic (exact) mass is 257 g/mol. The maximum Gasteiger partial charge on any atom is 0.221 e. The number of carbonyl (C=O) groups is 1. The van der Waals surface area contributed by atoms with Crippen molar-refractivity contribution in [3.63, 3.8) is 0 Å². The molecule has 4 N–H and O–H groups in total. The van der Waals surface area contributed by atoms with E-state index < -0.39 is 5.54 Å². The van der Waals surface area contributed by atoms with Crippen molar-refractivity contribution < 1.29 is 14.7 Å². The van der Waals surface area contributed by atoms with Crippen molar-refractivity contribution in [3.05, 3.63) is 0 Å². The maximum absolute atomic E-state index is 12.0. The van der Waals surface area contributed by atoms with E-state index in [1.807, 2.05) is 6.92 Å². The number of nitrogens with zero attached hydrogens (tertiary/aromatic N) is 1. The fourth-order valence-corrected chi connectivity index (χ4v) is 2.50. The molecule has 1 unspecified atom stereocenters. The first-order chi connectivity index (χ1) is 8.54. The Kier molecular flexibility index (Phi) is 5.40. The summed E-state index contributed by atoms with van der Waals surface area (Å²) in [6.07, 6.45) is 3.79. The second-order valence-electron chi connectivity index (χ2n) is 5.09. The van der Waals surface area contributed by atoms with Crippen molar-refractivity contribution in [3.8, 4) is 0 Å². The van der Waals surface area contributed by atoms with Gasteiger partial charge < -0.3 is 21.0 Å². The molecule has 6 nitrogen and oxygen atoms in total. The molecule has 1 aliphatic rings. The van der Waals surface area contributed by atoms with E-state index in [4.69, 9.17) is 15.7 Å². The lowest BCUT2D eigenvalue weighted by Gasteiger charge is -2.29. The first kappa shape index (κ1) is 14.8. The van der Waals surface area contributed by atoms with Crippen LogP contribution in [-0.4, -0.2) is 36.2 Å². The van der Waals surface area contributed by atoms with E-state index in [0.717, 1.165) is 25.7 Å². The number of methoxy groups -OCH3 is 1. The third kappa shape index (κ3) is 3.60. The minimum Gasteiger partial charge on any atom is -0.409 e. The summed E-state index contributed by atoms with van der Waals surface area (Å²) in [6.45, 7) is 2.50. The molecule has 1 saturated carbocycles. The van der Waals surface area contributed by atoms with Gasteiger partial charge in [-0.15, -0.1) is 0 Å². The largest absolute Gasteiger partial charge is 0.409 e. The highest BCUT2D eigenvalue weighted by molar-refractivity contribution is 5.94. The van der Waals surface area contributed by atoms with Crippen LogP contribution in [-0.2, 0) is 9.53 Å². The second-order valence-corrected chi connectivity index (χ2v) is 5.09. The lowest BCUT2D eigenvalue weighted by molar-refractivity contribution is -0.123. The Balaban J connectivity index is 2.59. The first-order valence-corrected chi connectivity index (χ1v) is 6.32. The molecule has 104 valence electrons. The van der Waals surface area contributed by atoms with Gasteiger partial charge in [0.15, 0.2) is 5.84 Å². The number of oxime groups is 1. The SMILES string of the molecule is COCC(C)CC(=O)NC1(C(N)=NO)CCCC1. The predicted octanol–water partition coefficient (Wildman–Crippen LogP) is 0.834. The van der Waals surface area contributed by atoms with Gasteiger partial charge in [-0.1, -0.05) is 24.9 Å². The normalized spacial score (nSPS) is 20.7. The number of hydrogen-bond donors (Lipinski definition) is 3. The molecule has 0 heterocycles. The number of amides is 1. The van der Waals surface area contributed by atoms with Crippen LogP contribution in [0, 0.1) is 5.92 Å². The topological polar surface area (TPSA) is 96.9 Å². The highest BCUT2D eigenvalue weighted by Crippen LogP contribution is 2.30. The van der Waals surface area contributed by atoms with Gasteiger partial charge in [0, 0.05) is 20.1 Å². The number of hydrogen-bond acceptors (Lipinski definition) is 4. The second kappa shape index (κ2) is 6.58. The van der Waals surface area contributed by atoms with Crippen LogP contribution in [0.25, 0.3) is 0 Å². The Morgan fingerprint density at radius 2 is 2.17 bits per heavy atom. The Morgan fingerprint density at radius 3 is 2.67 bits per heavy atom. The summed E-state index contributed by atoms with van der Waals surface area (Å²) in [5.74, 6) is 0.182. The molecule has 1 atom stereocenters. The van der Waals surface area contributed by atoms with Crippen molar-refractivity contribution in [1.82, 2.24) is 5.32 Å². The van der Waals surface area contributed by atoms with Gasteiger partial charge in [0.2, 0.25) is 5.91 Å². The zero-order valence-electron chi connectivity index (χ0n) is 11.1. The van der Waals surface area contributed by atoms with Gasteiger partial charge >= 0.3 is 0 Å². The van der Waals surface area contributed by atoms with Gasteiger partial charge in [0.05, 0.1) is 0 Å². The smallest absolute Gasteiger partial charge is 0.221 e. The molecule has 0 radical (unpaired) electrons. The molecule has 0 aliphatic heterocycles. The lowest BCUT2D eigenvalue weighted by Crippen LogP contribution is -2.56. The van der Waals surface area contributed by atoms with E-state index >= 15 is 0 Å². The molecule has 1 aliphatic carbocycles. The summed E-state index contributed by atoms with van der Waals surface area (Å²) >= 11 is 0. The van der Waals surface area contributed by atoms with Crippen LogP contribution in [0.2, 0.25) is 0 Å². The van der Waals surface area contributed by atoms with E-state index in [1.54, 1.807) is 7.11 Å². The molecular weight excluding hydrogens is 234 g/mol. The van der Waals surface area contributed by atoms with Crippen molar-refractivity contribution in [1.29, 1.82) is 0 Å². The molecule has 1 fully saturated rings. The van der Waals surface area contributed by atoms with Gasteiger partial charge in [0.25, 0.3) is 0 Å². The van der Waals surface area contributed by atoms with Crippen molar-refractivity contribution >= 4 is 11.7 Å². The molecule has 0 bridgehead atoms. The molecule has 18 heavy (non-hydrogen) atoms. The highest BCUT2D eigenvalue weighted by Gasteiger charge is 2.39. The zero-order chi connectivity index (χ0) is 13.6. The van der Waals surface area contributed by atoms with Crippen LogP contribution in [0.4, 0.5) is 0 Å². The molecule has 6 heteroatoms. The minimum atomic E-state index is -0.654. The van der Waals surface area contributed by atoms with Gasteiger partial charge in [0.1, 0.15) is 5.54 Å². The number of ether oxygens (including phenoxy) is 1. The van der Waals surface area contributed by atoms with Crippen LogP contribution in [0.1, 0.15) is 39.0 Å². The van der Waals surface area contributed by atoms with E-state index in [9.17, 15) is 4.79 Å². The van der Waals surface area contributed by atoms with Crippen LogP contribution in [0.3, 0.4) is 0 Å². The number of amidine groups is 1. The van der Waals surface area contributed by atoms with Crippen LogP contribution in [0.15, 0.2) is 5.16 Å². The number of rotatable bonds is 6. The molecule has 0 aromatic heterocycles. The van der Waals surface area contributed by atoms with Crippen LogP contribution < -0.4 is 11.1 Å². The number of nitrogens with one attached hydrogen (secondary N) is 1. The van der Waals surface area contributed by atoms with Crippen molar-refractivity contribution in [2.45, 2.75) is 44.6 Å². The third-order valence-electron chi connectivity index (χ3n) is 3.42. The highest BCUT2D eigenvalue weighted by atomic mass is 16.5. The molecule has 1 amide bonds. The fourth-order valence-electron chi connectivity index (χ4n) is 2.50. The zero-order valence-corrected chi connectivity index (χ0v) is 11.1. The van der Waals surface area contributed by atoms with E-state index in [0.29, 0.717) is 13.0 Å². The van der Waals surface area contributed by atoms with Crippen molar-refractivity contribution in [2.24, 2.45) is 16.8 Å². The van der Waals surface area contributed by atoms with Gasteiger partial charge in [-0.3, -0.25) is 4.79 Å². The molecular formula is C12H23N3O3. The summed E-state index contributed by atoms with van der Waals surface area (Å²) in [4.78, 5) is 12.0.